The largest absolute Gasteiger partial charge is 0.384 e. The maximum absolute atomic E-state index is 6.09. The van der Waals surface area contributed by atoms with Crippen molar-refractivity contribution in [1.29, 1.82) is 0 Å². The smallest absolute Gasteiger partial charge is 0.172 e. The molecule has 4 rings (SSSR count). The first-order chi connectivity index (χ1) is 13.4. The summed E-state index contributed by atoms with van der Waals surface area (Å²) >= 11 is 0. The van der Waals surface area contributed by atoms with Crippen molar-refractivity contribution in [2.24, 2.45) is 28.6 Å². The minimum Gasteiger partial charge on any atom is -0.384 e. The van der Waals surface area contributed by atoms with E-state index in [4.69, 9.17) is 18.9 Å². The first-order valence-corrected chi connectivity index (χ1v) is 11.4. The van der Waals surface area contributed by atoms with E-state index in [9.17, 15) is 0 Å². The Balaban J connectivity index is 1.66. The minimum absolute atomic E-state index is 0.147. The van der Waals surface area contributed by atoms with Crippen LogP contribution >= 0.6 is 0 Å². The molecule has 4 nitrogen and oxygen atoms in total. The highest BCUT2D eigenvalue weighted by Crippen LogP contribution is 2.62. The molecule has 5 atom stereocenters. The second-order valence-corrected chi connectivity index (χ2v) is 10.2. The first kappa shape index (κ1) is 20.8. The van der Waals surface area contributed by atoms with Crippen LogP contribution in [0.5, 0.6) is 0 Å². The van der Waals surface area contributed by atoms with Crippen LogP contribution in [0.15, 0.2) is 11.6 Å². The lowest BCUT2D eigenvalue weighted by Crippen LogP contribution is -2.52. The molecule has 0 N–H and O–H groups in total. The lowest BCUT2D eigenvalue weighted by Gasteiger charge is -2.56. The van der Waals surface area contributed by atoms with E-state index in [1.807, 2.05) is 14.2 Å². The molecule has 1 spiro atoms. The van der Waals surface area contributed by atoms with Crippen molar-refractivity contribution in [3.05, 3.63) is 11.6 Å². The van der Waals surface area contributed by atoms with Gasteiger partial charge in [-0.15, -0.1) is 0 Å². The van der Waals surface area contributed by atoms with Crippen LogP contribution in [-0.4, -0.2) is 45.9 Å². The summed E-state index contributed by atoms with van der Waals surface area (Å²) in [6.07, 6.45) is 10.8. The number of methoxy groups -OCH3 is 2. The number of hydrogen-bond acceptors (Lipinski definition) is 4. The third-order valence-corrected chi connectivity index (χ3v) is 8.90. The Morgan fingerprint density at radius 3 is 2.46 bits per heavy atom. The second-order valence-electron chi connectivity index (χ2n) is 10.2. The minimum atomic E-state index is -0.359. The summed E-state index contributed by atoms with van der Waals surface area (Å²) in [5, 5.41) is 0. The highest BCUT2D eigenvalue weighted by molar-refractivity contribution is 5.27. The molecule has 0 bridgehead atoms. The topological polar surface area (TPSA) is 36.9 Å². The monoisotopic (exact) mass is 392 g/mol. The molecule has 0 amide bonds. The molecule has 4 aliphatic rings. The highest BCUT2D eigenvalue weighted by Gasteiger charge is 2.58. The Morgan fingerprint density at radius 2 is 1.86 bits per heavy atom. The summed E-state index contributed by atoms with van der Waals surface area (Å²) in [7, 11) is 3.76. The van der Waals surface area contributed by atoms with Crippen LogP contribution in [0, 0.1) is 28.6 Å². The molecule has 1 heterocycles. The molecular weight excluding hydrogens is 352 g/mol. The van der Waals surface area contributed by atoms with Gasteiger partial charge in [0.25, 0.3) is 0 Å². The molecule has 3 fully saturated rings. The molecule has 0 radical (unpaired) electrons. The van der Waals surface area contributed by atoms with E-state index in [0.29, 0.717) is 23.9 Å². The molecule has 3 aliphatic carbocycles. The Labute approximate surface area is 171 Å². The van der Waals surface area contributed by atoms with Gasteiger partial charge in [0.05, 0.1) is 25.9 Å². The van der Waals surface area contributed by atoms with Gasteiger partial charge in [0.15, 0.2) is 5.79 Å². The molecule has 4 heteroatoms. The van der Waals surface area contributed by atoms with Crippen molar-refractivity contribution in [2.75, 3.05) is 34.0 Å². The highest BCUT2D eigenvalue weighted by atomic mass is 16.7. The van der Waals surface area contributed by atoms with Gasteiger partial charge in [0, 0.05) is 32.5 Å². The van der Waals surface area contributed by atoms with E-state index >= 15 is 0 Å². The molecule has 2 saturated carbocycles. The molecule has 160 valence electrons. The van der Waals surface area contributed by atoms with Gasteiger partial charge in [-0.05, 0) is 48.9 Å². The molecule has 1 aliphatic heterocycles. The average molecular weight is 393 g/mol. The van der Waals surface area contributed by atoms with Crippen molar-refractivity contribution >= 4 is 0 Å². The van der Waals surface area contributed by atoms with Crippen LogP contribution in [0.4, 0.5) is 0 Å². The molecule has 0 aromatic carbocycles. The zero-order valence-electron chi connectivity index (χ0n) is 18.6. The standard InChI is InChI=1S/C24H40O4/c1-6-19-18(20-9-10-21(26-5)22(20,2)3)8-7-17-15-24(27-13-14-28-24)12-11-23(17,19)16-25-4/h7,18-21H,6,8-16H2,1-5H3/t18-,19+,20+,21+,23-/m1/s1. The Bertz CT molecular complexity index is 591. The maximum Gasteiger partial charge on any atom is 0.172 e. The number of rotatable bonds is 5. The molecular formula is C24H40O4. The lowest BCUT2D eigenvalue weighted by atomic mass is 9.51. The number of hydrogen-bond donors (Lipinski definition) is 0. The normalized spacial score (nSPS) is 41.8. The fourth-order valence-corrected chi connectivity index (χ4v) is 7.59. The van der Waals surface area contributed by atoms with E-state index in [0.717, 1.165) is 39.1 Å². The summed E-state index contributed by atoms with van der Waals surface area (Å²) in [6.45, 7) is 9.55. The van der Waals surface area contributed by atoms with E-state index in [1.165, 1.54) is 25.7 Å². The summed E-state index contributed by atoms with van der Waals surface area (Å²) < 4.78 is 23.9. The van der Waals surface area contributed by atoms with Crippen molar-refractivity contribution < 1.29 is 18.9 Å². The predicted octanol–water partition coefficient (Wildman–Crippen LogP) is 4.97. The summed E-state index contributed by atoms with van der Waals surface area (Å²) in [5.74, 6) is 1.72. The van der Waals surface area contributed by atoms with Crippen molar-refractivity contribution in [1.82, 2.24) is 0 Å². The van der Waals surface area contributed by atoms with Gasteiger partial charge in [0.2, 0.25) is 0 Å². The van der Waals surface area contributed by atoms with Gasteiger partial charge in [-0.3, -0.25) is 0 Å². The van der Waals surface area contributed by atoms with E-state index in [1.54, 1.807) is 5.57 Å². The predicted molar refractivity (Wildman–Crippen MR) is 110 cm³/mol. The van der Waals surface area contributed by atoms with Gasteiger partial charge in [-0.2, -0.15) is 0 Å². The zero-order valence-corrected chi connectivity index (χ0v) is 18.6. The molecule has 1 saturated heterocycles. The zero-order chi connectivity index (χ0) is 20.0. The molecule has 0 aromatic heterocycles. The average Bonchev–Trinajstić information content (AvgIpc) is 3.25. The summed E-state index contributed by atoms with van der Waals surface area (Å²) in [4.78, 5) is 0. The van der Waals surface area contributed by atoms with Gasteiger partial charge in [-0.1, -0.05) is 38.8 Å². The summed E-state index contributed by atoms with van der Waals surface area (Å²) in [6, 6.07) is 0. The Hall–Kier alpha value is -0.420. The molecule has 0 aromatic rings. The van der Waals surface area contributed by atoms with Gasteiger partial charge in [-0.25, -0.2) is 0 Å². The van der Waals surface area contributed by atoms with Gasteiger partial charge >= 0.3 is 0 Å². The number of fused-ring (bicyclic) bond motifs is 1. The quantitative estimate of drug-likeness (QED) is 0.619. The molecule has 28 heavy (non-hydrogen) atoms. The van der Waals surface area contributed by atoms with E-state index in [2.05, 4.69) is 26.8 Å². The lowest BCUT2D eigenvalue weighted by molar-refractivity contribution is -0.188. The maximum atomic E-state index is 6.09. The number of ether oxygens (including phenoxy) is 4. The fourth-order valence-electron chi connectivity index (χ4n) is 7.59. The van der Waals surface area contributed by atoms with Crippen LogP contribution in [0.3, 0.4) is 0 Å². The summed E-state index contributed by atoms with van der Waals surface area (Å²) in [5.41, 5.74) is 1.93. The Kier molecular flexibility index (Phi) is 5.72. The SMILES string of the molecule is CC[C@H]1[C@H]([C@@H]2CC[C@H](OC)C2(C)C)CC=C2CC3(CC[C@@]21COC)OCCO3. The third kappa shape index (κ3) is 3.10. The Morgan fingerprint density at radius 1 is 1.11 bits per heavy atom. The van der Waals surface area contributed by atoms with Crippen molar-refractivity contribution in [3.8, 4) is 0 Å². The fraction of sp³-hybridized carbons (Fsp3) is 0.917. The third-order valence-electron chi connectivity index (χ3n) is 8.90. The van der Waals surface area contributed by atoms with Crippen LogP contribution in [0.25, 0.3) is 0 Å². The van der Waals surface area contributed by atoms with Crippen molar-refractivity contribution in [3.63, 3.8) is 0 Å². The van der Waals surface area contributed by atoms with Gasteiger partial charge in [0.1, 0.15) is 0 Å². The van der Waals surface area contributed by atoms with Crippen LogP contribution < -0.4 is 0 Å². The molecule has 0 unspecified atom stereocenters. The van der Waals surface area contributed by atoms with Crippen LogP contribution in [-0.2, 0) is 18.9 Å². The van der Waals surface area contributed by atoms with Crippen LogP contribution in [0.1, 0.15) is 65.7 Å². The van der Waals surface area contributed by atoms with Gasteiger partial charge < -0.3 is 18.9 Å². The van der Waals surface area contributed by atoms with E-state index in [-0.39, 0.29) is 16.6 Å². The first-order valence-electron chi connectivity index (χ1n) is 11.4. The van der Waals surface area contributed by atoms with E-state index < -0.39 is 0 Å². The van der Waals surface area contributed by atoms with Crippen molar-refractivity contribution in [2.45, 2.75) is 77.6 Å². The number of allylic oxidation sites excluding steroid dienone is 1. The van der Waals surface area contributed by atoms with Crippen LogP contribution in [0.2, 0.25) is 0 Å². The second kappa shape index (κ2) is 7.68.